The number of carbonyl (C=O) groups is 1. The fraction of sp³-hybridized carbons (Fsp3) is 0.238. The lowest BCUT2D eigenvalue weighted by Crippen LogP contribution is -2.24. The number of anilines is 1. The van der Waals surface area contributed by atoms with Crippen LogP contribution in [0.2, 0.25) is 0 Å². The molecule has 2 aromatic carbocycles. The van der Waals surface area contributed by atoms with E-state index >= 15 is 0 Å². The van der Waals surface area contributed by atoms with Crippen LogP contribution in [0.5, 0.6) is 5.75 Å². The van der Waals surface area contributed by atoms with Gasteiger partial charge in [0.05, 0.1) is 23.6 Å². The molecule has 10 heteroatoms. The molecule has 0 bridgehead atoms. The molecule has 2 N–H and O–H groups in total. The van der Waals surface area contributed by atoms with Gasteiger partial charge in [-0.2, -0.15) is 18.3 Å². The fourth-order valence-corrected chi connectivity index (χ4v) is 3.22. The summed E-state index contributed by atoms with van der Waals surface area (Å²) in [6.07, 6.45) is -0.555. The number of fused-ring (bicyclic) bond motifs is 1. The van der Waals surface area contributed by atoms with Crippen molar-refractivity contribution in [3.63, 3.8) is 0 Å². The molecule has 2 heterocycles. The van der Waals surface area contributed by atoms with Crippen molar-refractivity contribution in [3.8, 4) is 5.75 Å². The number of nitrogens with one attached hydrogen (secondary N) is 2. The van der Waals surface area contributed by atoms with Crippen LogP contribution in [0.25, 0.3) is 0 Å². The van der Waals surface area contributed by atoms with Gasteiger partial charge in [-0.1, -0.05) is 12.1 Å². The SMILES string of the molecule is Cl.O=C(Nc1cnn(COc2cccc(C(F)(F)F)c2)c1)c1ccc2c(c1)CCNC2. The molecular formula is C21H20ClF3N4O2. The number of nitrogens with zero attached hydrogens (tertiary/aromatic N) is 2. The maximum absolute atomic E-state index is 12.8. The van der Waals surface area contributed by atoms with Crippen molar-refractivity contribution in [3.05, 3.63) is 77.1 Å². The summed E-state index contributed by atoms with van der Waals surface area (Å²) in [6, 6.07) is 10.2. The molecule has 0 radical (unpaired) electrons. The normalized spacial score (nSPS) is 13.1. The number of ether oxygens (including phenoxy) is 1. The lowest BCUT2D eigenvalue weighted by Gasteiger charge is -2.17. The molecule has 6 nitrogen and oxygen atoms in total. The van der Waals surface area contributed by atoms with E-state index in [-0.39, 0.29) is 30.8 Å². The molecule has 4 rings (SSSR count). The Morgan fingerprint density at radius 1 is 1.19 bits per heavy atom. The largest absolute Gasteiger partial charge is 0.471 e. The lowest BCUT2D eigenvalue weighted by molar-refractivity contribution is -0.137. The molecular weight excluding hydrogens is 433 g/mol. The van der Waals surface area contributed by atoms with E-state index in [2.05, 4.69) is 15.7 Å². The topological polar surface area (TPSA) is 68.2 Å². The number of alkyl halides is 3. The summed E-state index contributed by atoms with van der Waals surface area (Å²) in [5, 5.41) is 10.1. The van der Waals surface area contributed by atoms with Gasteiger partial charge >= 0.3 is 6.18 Å². The van der Waals surface area contributed by atoms with Crippen molar-refractivity contribution < 1.29 is 22.7 Å². The van der Waals surface area contributed by atoms with Gasteiger partial charge in [0.2, 0.25) is 0 Å². The number of aromatic nitrogens is 2. The summed E-state index contributed by atoms with van der Waals surface area (Å²) >= 11 is 0. The Balaban J connectivity index is 0.00000272. The van der Waals surface area contributed by atoms with Crippen molar-refractivity contribution in [2.75, 3.05) is 11.9 Å². The second-order valence-corrected chi connectivity index (χ2v) is 6.93. The molecule has 3 aromatic rings. The van der Waals surface area contributed by atoms with Crippen LogP contribution in [-0.4, -0.2) is 22.2 Å². The molecule has 164 valence electrons. The molecule has 0 fully saturated rings. The van der Waals surface area contributed by atoms with Gasteiger partial charge in [0.15, 0.2) is 6.73 Å². The Kier molecular flexibility index (Phi) is 6.87. The van der Waals surface area contributed by atoms with Gasteiger partial charge < -0.3 is 15.4 Å². The summed E-state index contributed by atoms with van der Waals surface area (Å²) in [5.41, 5.74) is 2.59. The Hall–Kier alpha value is -3.04. The standard InChI is InChI=1S/C21H19F3N4O2.ClH/c22-21(23,24)17-2-1-3-19(9-17)30-13-28-12-18(11-26-28)27-20(29)15-4-5-16-10-25-7-6-14(16)8-15;/h1-5,8-9,11-12,25H,6-7,10,13H2,(H,27,29);1H. The minimum absolute atomic E-state index is 0. The molecule has 0 spiro atoms. The summed E-state index contributed by atoms with van der Waals surface area (Å²) in [6.45, 7) is 1.59. The number of hydrogen-bond acceptors (Lipinski definition) is 4. The number of amides is 1. The predicted molar refractivity (Wildman–Crippen MR) is 111 cm³/mol. The van der Waals surface area contributed by atoms with E-state index in [9.17, 15) is 18.0 Å². The zero-order chi connectivity index (χ0) is 21.1. The highest BCUT2D eigenvalue weighted by atomic mass is 35.5. The van der Waals surface area contributed by atoms with Gasteiger partial charge in [-0.25, -0.2) is 4.68 Å². The van der Waals surface area contributed by atoms with Crippen molar-refractivity contribution >= 4 is 24.0 Å². The first-order chi connectivity index (χ1) is 14.4. The van der Waals surface area contributed by atoms with E-state index < -0.39 is 11.7 Å². The minimum Gasteiger partial charge on any atom is -0.471 e. The maximum atomic E-state index is 12.8. The first kappa shape index (κ1) is 22.6. The molecule has 1 aromatic heterocycles. The Bertz CT molecular complexity index is 1070. The number of carbonyl (C=O) groups excluding carboxylic acids is 1. The predicted octanol–water partition coefficient (Wildman–Crippen LogP) is 4.26. The summed E-state index contributed by atoms with van der Waals surface area (Å²) in [4.78, 5) is 12.5. The van der Waals surface area contributed by atoms with Crippen molar-refractivity contribution in [1.82, 2.24) is 15.1 Å². The van der Waals surface area contributed by atoms with Gasteiger partial charge in [-0.15, -0.1) is 12.4 Å². The van der Waals surface area contributed by atoms with Crippen LogP contribution in [0.3, 0.4) is 0 Å². The maximum Gasteiger partial charge on any atom is 0.416 e. The van der Waals surface area contributed by atoms with E-state index in [1.54, 1.807) is 12.3 Å². The number of hydrogen-bond donors (Lipinski definition) is 2. The summed E-state index contributed by atoms with van der Waals surface area (Å²) < 4.78 is 45.1. The van der Waals surface area contributed by atoms with Gasteiger partial charge in [0.25, 0.3) is 5.91 Å². The highest BCUT2D eigenvalue weighted by Gasteiger charge is 2.30. The average molecular weight is 453 g/mol. The van der Waals surface area contributed by atoms with Gasteiger partial charge in [-0.05, 0) is 54.4 Å². The summed E-state index contributed by atoms with van der Waals surface area (Å²) in [5.74, 6) is -0.177. The third kappa shape index (κ3) is 5.56. The quantitative estimate of drug-likeness (QED) is 0.607. The van der Waals surface area contributed by atoms with E-state index in [4.69, 9.17) is 4.74 Å². The van der Waals surface area contributed by atoms with Crippen LogP contribution < -0.4 is 15.4 Å². The Morgan fingerprint density at radius 3 is 2.84 bits per heavy atom. The molecule has 0 unspecified atom stereocenters. The second kappa shape index (κ2) is 9.40. The Morgan fingerprint density at radius 2 is 2.03 bits per heavy atom. The van der Waals surface area contributed by atoms with Crippen molar-refractivity contribution in [1.29, 1.82) is 0 Å². The zero-order valence-corrected chi connectivity index (χ0v) is 17.1. The second-order valence-electron chi connectivity index (χ2n) is 6.93. The van der Waals surface area contributed by atoms with Crippen LogP contribution in [0.15, 0.2) is 54.9 Å². The molecule has 1 aliphatic heterocycles. The highest BCUT2D eigenvalue weighted by Crippen LogP contribution is 2.31. The van der Waals surface area contributed by atoms with Crippen LogP contribution in [0, 0.1) is 0 Å². The molecule has 1 amide bonds. The summed E-state index contributed by atoms with van der Waals surface area (Å²) in [7, 11) is 0. The number of benzene rings is 2. The van der Waals surface area contributed by atoms with Crippen LogP contribution in [0.4, 0.5) is 18.9 Å². The van der Waals surface area contributed by atoms with E-state index in [1.807, 2.05) is 12.1 Å². The van der Waals surface area contributed by atoms with E-state index in [0.717, 1.165) is 37.2 Å². The molecule has 0 saturated heterocycles. The van der Waals surface area contributed by atoms with Gasteiger partial charge in [0.1, 0.15) is 5.75 Å². The third-order valence-electron chi connectivity index (χ3n) is 4.77. The van der Waals surface area contributed by atoms with Crippen molar-refractivity contribution in [2.24, 2.45) is 0 Å². The zero-order valence-electron chi connectivity index (χ0n) is 16.3. The first-order valence-corrected chi connectivity index (χ1v) is 9.35. The van der Waals surface area contributed by atoms with E-state index in [1.165, 1.54) is 28.6 Å². The molecule has 1 aliphatic rings. The highest BCUT2D eigenvalue weighted by molar-refractivity contribution is 6.04. The van der Waals surface area contributed by atoms with Gasteiger partial charge in [-0.3, -0.25) is 4.79 Å². The monoisotopic (exact) mass is 452 g/mol. The molecule has 0 atom stereocenters. The van der Waals surface area contributed by atoms with E-state index in [0.29, 0.717) is 11.3 Å². The third-order valence-corrected chi connectivity index (χ3v) is 4.77. The minimum atomic E-state index is -4.43. The lowest BCUT2D eigenvalue weighted by atomic mass is 9.98. The average Bonchev–Trinajstić information content (AvgIpc) is 3.19. The van der Waals surface area contributed by atoms with Crippen LogP contribution in [-0.2, 0) is 25.9 Å². The molecule has 0 aliphatic carbocycles. The van der Waals surface area contributed by atoms with Crippen LogP contribution >= 0.6 is 12.4 Å². The van der Waals surface area contributed by atoms with Gasteiger partial charge in [0, 0.05) is 12.1 Å². The van der Waals surface area contributed by atoms with Crippen LogP contribution in [0.1, 0.15) is 27.0 Å². The number of halogens is 4. The fourth-order valence-electron chi connectivity index (χ4n) is 3.22. The first-order valence-electron chi connectivity index (χ1n) is 9.35. The molecule has 0 saturated carbocycles. The van der Waals surface area contributed by atoms with Crippen molar-refractivity contribution in [2.45, 2.75) is 25.9 Å². The number of rotatable bonds is 5. The molecule has 31 heavy (non-hydrogen) atoms. The Labute approximate surface area is 182 Å². The smallest absolute Gasteiger partial charge is 0.416 e.